The van der Waals surface area contributed by atoms with Crippen LogP contribution in [-0.4, -0.2) is 22.3 Å². The van der Waals surface area contributed by atoms with Crippen LogP contribution in [0.4, 0.5) is 18.9 Å². The van der Waals surface area contributed by atoms with E-state index in [4.69, 9.17) is 12.2 Å². The Balaban J connectivity index is 1.28. The summed E-state index contributed by atoms with van der Waals surface area (Å²) in [5, 5.41) is 7.92. The van der Waals surface area contributed by atoms with E-state index in [-0.39, 0.29) is 5.75 Å². The molecule has 0 unspecified atom stereocenters. The van der Waals surface area contributed by atoms with Gasteiger partial charge in [-0.1, -0.05) is 30.3 Å². The van der Waals surface area contributed by atoms with Crippen molar-refractivity contribution in [1.29, 1.82) is 0 Å². The monoisotopic (exact) mass is 534 g/mol. The summed E-state index contributed by atoms with van der Waals surface area (Å²) in [6.07, 6.45) is 0.621. The molecule has 0 fully saturated rings. The van der Waals surface area contributed by atoms with Gasteiger partial charge < -0.3 is 14.6 Å². The van der Waals surface area contributed by atoms with Gasteiger partial charge >= 0.3 is 6.36 Å². The lowest BCUT2D eigenvalue weighted by atomic mass is 9.88. The standard InChI is InChI=1S/C29H25F3N4OS/c1-18-4-3-5-19(2)27(18)34-28(38)35-33-17-20-6-12-24-21(16-20)7-13-26-25(24)14-15-36(26)22-8-10-23(11-9-22)37-29(30,31)32/h3-6,8-12,14-17H,7,13H2,1-2H3,(H2,34,35,38)/b33-17+. The molecule has 1 aromatic heterocycles. The van der Waals surface area contributed by atoms with Crippen LogP contribution in [0.3, 0.4) is 0 Å². The van der Waals surface area contributed by atoms with Gasteiger partial charge in [0, 0.05) is 28.8 Å². The third-order valence-corrected chi connectivity index (χ3v) is 6.68. The number of aryl methyl sites for hydroxylation is 3. The zero-order valence-electron chi connectivity index (χ0n) is 20.8. The first kappa shape index (κ1) is 25.5. The maximum Gasteiger partial charge on any atom is 0.573 e. The highest BCUT2D eigenvalue weighted by Gasteiger charge is 2.31. The summed E-state index contributed by atoms with van der Waals surface area (Å²) in [6.45, 7) is 4.05. The van der Waals surface area contributed by atoms with Crippen molar-refractivity contribution in [3.05, 3.63) is 101 Å². The molecule has 0 amide bonds. The first-order chi connectivity index (χ1) is 18.2. The predicted octanol–water partition coefficient (Wildman–Crippen LogP) is 7.08. The molecule has 1 heterocycles. The van der Waals surface area contributed by atoms with Crippen LogP contribution in [-0.2, 0) is 12.8 Å². The van der Waals surface area contributed by atoms with Gasteiger partial charge in [0.1, 0.15) is 5.75 Å². The second-order valence-corrected chi connectivity index (χ2v) is 9.50. The number of halogens is 3. The van der Waals surface area contributed by atoms with Gasteiger partial charge in [-0.25, -0.2) is 0 Å². The molecular weight excluding hydrogens is 509 g/mol. The Hall–Kier alpha value is -4.11. The van der Waals surface area contributed by atoms with Crippen LogP contribution in [0.2, 0.25) is 0 Å². The van der Waals surface area contributed by atoms with Gasteiger partial charge in [0.05, 0.1) is 6.21 Å². The van der Waals surface area contributed by atoms with E-state index in [9.17, 15) is 13.2 Å². The molecular formula is C29H25F3N4OS. The van der Waals surface area contributed by atoms with Gasteiger partial charge in [-0.3, -0.25) is 5.43 Å². The molecule has 194 valence electrons. The lowest BCUT2D eigenvalue weighted by Gasteiger charge is -2.20. The minimum atomic E-state index is -4.71. The lowest BCUT2D eigenvalue weighted by Crippen LogP contribution is -2.24. The van der Waals surface area contributed by atoms with Crippen molar-refractivity contribution < 1.29 is 17.9 Å². The molecule has 1 aliphatic carbocycles. The van der Waals surface area contributed by atoms with Crippen LogP contribution in [0.25, 0.3) is 16.8 Å². The number of benzene rings is 3. The number of rotatable bonds is 5. The van der Waals surface area contributed by atoms with E-state index in [1.165, 1.54) is 17.7 Å². The van der Waals surface area contributed by atoms with E-state index in [2.05, 4.69) is 32.7 Å². The number of aromatic nitrogens is 1. The molecule has 0 saturated carbocycles. The second kappa shape index (κ2) is 10.3. The number of para-hydroxylation sites is 1. The van der Waals surface area contributed by atoms with Crippen molar-refractivity contribution >= 4 is 29.2 Å². The van der Waals surface area contributed by atoms with Crippen molar-refractivity contribution in [3.8, 4) is 22.6 Å². The van der Waals surface area contributed by atoms with Crippen LogP contribution in [0.15, 0.2) is 78.0 Å². The normalized spacial score (nSPS) is 12.7. The summed E-state index contributed by atoms with van der Waals surface area (Å²) in [5.74, 6) is -0.238. The Kier molecular flexibility index (Phi) is 6.94. The highest BCUT2D eigenvalue weighted by Crippen LogP contribution is 2.36. The maximum atomic E-state index is 12.5. The quantitative estimate of drug-likeness (QED) is 0.163. The SMILES string of the molecule is Cc1cccc(C)c1NC(=S)N/N=C/c1ccc2c(c1)CCc1c-2ccn1-c1ccc(OC(F)(F)F)cc1. The van der Waals surface area contributed by atoms with Crippen molar-refractivity contribution in [2.24, 2.45) is 5.10 Å². The third-order valence-electron chi connectivity index (χ3n) is 6.49. The van der Waals surface area contributed by atoms with E-state index < -0.39 is 6.36 Å². The van der Waals surface area contributed by atoms with E-state index in [1.54, 1.807) is 18.3 Å². The van der Waals surface area contributed by atoms with Gasteiger partial charge in [0.25, 0.3) is 0 Å². The fourth-order valence-electron chi connectivity index (χ4n) is 4.75. The number of hydrazone groups is 1. The molecule has 5 nitrogen and oxygen atoms in total. The molecule has 0 atom stereocenters. The maximum absolute atomic E-state index is 12.5. The summed E-state index contributed by atoms with van der Waals surface area (Å²) in [6, 6.07) is 20.2. The van der Waals surface area contributed by atoms with Crippen molar-refractivity contribution in [2.75, 3.05) is 5.32 Å². The van der Waals surface area contributed by atoms with E-state index in [0.29, 0.717) is 5.11 Å². The molecule has 0 radical (unpaired) electrons. The van der Waals surface area contributed by atoms with Crippen LogP contribution in [0.1, 0.15) is 27.9 Å². The summed E-state index contributed by atoms with van der Waals surface area (Å²) in [4.78, 5) is 0. The van der Waals surface area contributed by atoms with Gasteiger partial charge in [-0.05, 0) is 103 Å². The topological polar surface area (TPSA) is 50.6 Å². The number of alkyl halides is 3. The summed E-state index contributed by atoms with van der Waals surface area (Å²) >= 11 is 5.39. The first-order valence-corrected chi connectivity index (χ1v) is 12.4. The predicted molar refractivity (Wildman–Crippen MR) is 148 cm³/mol. The molecule has 2 N–H and O–H groups in total. The van der Waals surface area contributed by atoms with Crippen LogP contribution in [0.5, 0.6) is 5.75 Å². The number of hydrogen-bond donors (Lipinski definition) is 2. The molecule has 1 aliphatic rings. The van der Waals surface area contributed by atoms with Crippen LogP contribution >= 0.6 is 12.2 Å². The molecule has 0 spiro atoms. The zero-order valence-corrected chi connectivity index (χ0v) is 21.6. The fourth-order valence-corrected chi connectivity index (χ4v) is 4.91. The lowest BCUT2D eigenvalue weighted by molar-refractivity contribution is -0.274. The van der Waals surface area contributed by atoms with Gasteiger partial charge in [-0.2, -0.15) is 5.10 Å². The van der Waals surface area contributed by atoms with Crippen LogP contribution < -0.4 is 15.5 Å². The minimum Gasteiger partial charge on any atom is -0.406 e. The van der Waals surface area contributed by atoms with E-state index in [1.807, 2.05) is 54.9 Å². The first-order valence-electron chi connectivity index (χ1n) is 12.0. The van der Waals surface area contributed by atoms with Gasteiger partial charge in [-0.15, -0.1) is 13.2 Å². The summed E-state index contributed by atoms with van der Waals surface area (Å²) < 4.78 is 43.4. The summed E-state index contributed by atoms with van der Waals surface area (Å²) in [7, 11) is 0. The highest BCUT2D eigenvalue weighted by molar-refractivity contribution is 7.80. The summed E-state index contributed by atoms with van der Waals surface area (Å²) in [5.41, 5.74) is 12.4. The Morgan fingerprint density at radius 3 is 2.42 bits per heavy atom. The fraction of sp³-hybridized carbons (Fsp3) is 0.172. The highest BCUT2D eigenvalue weighted by atomic mass is 32.1. The average Bonchev–Trinajstić information content (AvgIpc) is 3.30. The molecule has 9 heteroatoms. The number of nitrogens with one attached hydrogen (secondary N) is 2. The van der Waals surface area contributed by atoms with E-state index in [0.717, 1.165) is 57.7 Å². The number of fused-ring (bicyclic) bond motifs is 3. The largest absolute Gasteiger partial charge is 0.573 e. The van der Waals surface area contributed by atoms with E-state index >= 15 is 0 Å². The van der Waals surface area contributed by atoms with Gasteiger partial charge in [0.2, 0.25) is 0 Å². The Morgan fingerprint density at radius 1 is 0.974 bits per heavy atom. The Labute approximate surface area is 224 Å². The number of ether oxygens (including phenoxy) is 1. The molecule has 38 heavy (non-hydrogen) atoms. The molecule has 3 aromatic carbocycles. The second-order valence-electron chi connectivity index (χ2n) is 9.10. The third kappa shape index (κ3) is 5.57. The smallest absolute Gasteiger partial charge is 0.406 e. The zero-order chi connectivity index (χ0) is 26.9. The molecule has 4 aromatic rings. The number of thiocarbonyl (C=S) groups is 1. The number of hydrogen-bond acceptors (Lipinski definition) is 3. The molecule has 0 bridgehead atoms. The minimum absolute atomic E-state index is 0.238. The Bertz CT molecular complexity index is 1500. The average molecular weight is 535 g/mol. The van der Waals surface area contributed by atoms with Crippen molar-refractivity contribution in [1.82, 2.24) is 9.99 Å². The number of nitrogens with zero attached hydrogens (tertiary/aromatic N) is 2. The molecule has 5 rings (SSSR count). The number of anilines is 1. The molecule has 0 saturated heterocycles. The van der Waals surface area contributed by atoms with Gasteiger partial charge in [0.15, 0.2) is 5.11 Å². The van der Waals surface area contributed by atoms with Crippen LogP contribution in [0, 0.1) is 13.8 Å². The Morgan fingerprint density at radius 2 is 1.71 bits per heavy atom. The van der Waals surface area contributed by atoms with Crippen molar-refractivity contribution in [3.63, 3.8) is 0 Å². The van der Waals surface area contributed by atoms with Crippen molar-refractivity contribution in [2.45, 2.75) is 33.1 Å². The molecule has 0 aliphatic heterocycles.